The highest BCUT2D eigenvalue weighted by molar-refractivity contribution is 9.10. The van der Waals surface area contributed by atoms with Crippen LogP contribution < -0.4 is 10.6 Å². The van der Waals surface area contributed by atoms with Gasteiger partial charge < -0.3 is 15.2 Å². The first-order chi connectivity index (χ1) is 9.10. The summed E-state index contributed by atoms with van der Waals surface area (Å²) in [5.74, 6) is 1.25. The molecular formula is C12H13BrN4O2. The second-order valence-corrected chi connectivity index (χ2v) is 4.77. The molecule has 2 N–H and O–H groups in total. The Kier molecular flexibility index (Phi) is 4.16. The fourth-order valence-corrected chi connectivity index (χ4v) is 1.86. The number of hydrogen-bond donors (Lipinski definition) is 2. The van der Waals surface area contributed by atoms with E-state index in [-0.39, 0.29) is 5.91 Å². The van der Waals surface area contributed by atoms with Gasteiger partial charge in [-0.1, -0.05) is 5.16 Å². The second kappa shape index (κ2) is 5.83. The summed E-state index contributed by atoms with van der Waals surface area (Å²) in [5.41, 5.74) is 0.442. The van der Waals surface area contributed by atoms with Crippen LogP contribution in [0, 0.1) is 6.92 Å². The molecule has 1 amide bonds. The summed E-state index contributed by atoms with van der Waals surface area (Å²) >= 11 is 3.30. The number of pyridine rings is 1. The molecule has 0 bridgehead atoms. The van der Waals surface area contributed by atoms with Gasteiger partial charge in [-0.05, 0) is 35.8 Å². The van der Waals surface area contributed by atoms with E-state index in [1.165, 1.54) is 0 Å². The van der Waals surface area contributed by atoms with Crippen LogP contribution in [0.4, 0.5) is 11.6 Å². The standard InChI is InChI=1S/C12H13BrN4O2/c1-3-14-11-9(5-8(13)6-15-11)12(18)16-10-4-7(2)19-17-10/h4-6H,3H2,1-2H3,(H,14,15)(H,16,17,18). The van der Waals surface area contributed by atoms with Crippen molar-refractivity contribution in [3.8, 4) is 0 Å². The number of aromatic nitrogens is 2. The van der Waals surface area contributed by atoms with Crippen LogP contribution in [0.25, 0.3) is 0 Å². The monoisotopic (exact) mass is 324 g/mol. The minimum absolute atomic E-state index is 0.293. The molecule has 0 spiro atoms. The fraction of sp³-hybridized carbons (Fsp3) is 0.250. The molecule has 7 heteroatoms. The van der Waals surface area contributed by atoms with Crippen molar-refractivity contribution in [2.75, 3.05) is 17.2 Å². The van der Waals surface area contributed by atoms with E-state index in [0.717, 1.165) is 4.47 Å². The summed E-state index contributed by atoms with van der Waals surface area (Å²) in [6.07, 6.45) is 1.63. The van der Waals surface area contributed by atoms with Gasteiger partial charge in [0.2, 0.25) is 0 Å². The Hall–Kier alpha value is -1.89. The van der Waals surface area contributed by atoms with E-state index in [0.29, 0.717) is 29.5 Å². The molecule has 0 fully saturated rings. The first-order valence-electron chi connectivity index (χ1n) is 5.74. The molecule has 100 valence electrons. The number of aryl methyl sites for hydroxylation is 1. The molecule has 0 saturated carbocycles. The lowest BCUT2D eigenvalue weighted by Gasteiger charge is -2.09. The van der Waals surface area contributed by atoms with Gasteiger partial charge in [0, 0.05) is 23.3 Å². The predicted molar refractivity (Wildman–Crippen MR) is 75.3 cm³/mol. The van der Waals surface area contributed by atoms with Crippen molar-refractivity contribution in [2.24, 2.45) is 0 Å². The van der Waals surface area contributed by atoms with E-state index in [9.17, 15) is 4.79 Å². The highest BCUT2D eigenvalue weighted by Gasteiger charge is 2.14. The zero-order valence-electron chi connectivity index (χ0n) is 10.5. The number of nitrogens with one attached hydrogen (secondary N) is 2. The Labute approximate surface area is 118 Å². The normalized spacial score (nSPS) is 10.3. The largest absolute Gasteiger partial charge is 0.370 e. The second-order valence-electron chi connectivity index (χ2n) is 3.86. The first kappa shape index (κ1) is 13.5. The number of carbonyl (C=O) groups is 1. The molecule has 2 heterocycles. The van der Waals surface area contributed by atoms with Gasteiger partial charge in [0.1, 0.15) is 11.6 Å². The quantitative estimate of drug-likeness (QED) is 0.903. The molecule has 0 aromatic carbocycles. The van der Waals surface area contributed by atoms with Gasteiger partial charge in [0.05, 0.1) is 5.56 Å². The Bertz CT molecular complexity index is 597. The molecule has 0 aliphatic rings. The van der Waals surface area contributed by atoms with E-state index in [4.69, 9.17) is 4.52 Å². The van der Waals surface area contributed by atoms with Crippen molar-refractivity contribution < 1.29 is 9.32 Å². The van der Waals surface area contributed by atoms with Gasteiger partial charge in [-0.25, -0.2) is 4.98 Å². The Balaban J connectivity index is 2.24. The summed E-state index contributed by atoms with van der Waals surface area (Å²) in [4.78, 5) is 16.4. The number of rotatable bonds is 4. The maximum absolute atomic E-state index is 12.2. The number of nitrogens with zero attached hydrogens (tertiary/aromatic N) is 2. The fourth-order valence-electron chi connectivity index (χ4n) is 1.53. The summed E-state index contributed by atoms with van der Waals surface area (Å²) in [5, 5.41) is 9.42. The smallest absolute Gasteiger partial charge is 0.260 e. The van der Waals surface area contributed by atoms with Gasteiger partial charge in [0.15, 0.2) is 5.82 Å². The number of amides is 1. The van der Waals surface area contributed by atoms with Crippen LogP contribution in [0.1, 0.15) is 23.0 Å². The molecule has 0 aliphatic heterocycles. The number of anilines is 2. The van der Waals surface area contributed by atoms with Crippen molar-refractivity contribution in [2.45, 2.75) is 13.8 Å². The maximum atomic E-state index is 12.2. The minimum atomic E-state index is -0.293. The van der Waals surface area contributed by atoms with Gasteiger partial charge in [-0.3, -0.25) is 4.79 Å². The van der Waals surface area contributed by atoms with E-state index < -0.39 is 0 Å². The zero-order chi connectivity index (χ0) is 13.8. The summed E-state index contributed by atoms with van der Waals surface area (Å²) in [6.45, 7) is 4.37. The predicted octanol–water partition coefficient (Wildman–Crippen LogP) is 2.82. The SMILES string of the molecule is CCNc1ncc(Br)cc1C(=O)Nc1cc(C)on1. The highest BCUT2D eigenvalue weighted by Crippen LogP contribution is 2.19. The highest BCUT2D eigenvalue weighted by atomic mass is 79.9. The van der Waals surface area contributed by atoms with Crippen LogP contribution in [-0.2, 0) is 0 Å². The number of carbonyl (C=O) groups excluding carboxylic acids is 1. The molecule has 0 radical (unpaired) electrons. The third-order valence-corrected chi connectivity index (χ3v) is 2.75. The average molecular weight is 325 g/mol. The Morgan fingerprint density at radius 2 is 2.26 bits per heavy atom. The van der Waals surface area contributed by atoms with Crippen LogP contribution in [-0.4, -0.2) is 22.6 Å². The van der Waals surface area contributed by atoms with Gasteiger partial charge in [-0.2, -0.15) is 0 Å². The molecule has 0 aliphatic carbocycles. The van der Waals surface area contributed by atoms with E-state index in [2.05, 4.69) is 36.7 Å². The number of hydrogen-bond acceptors (Lipinski definition) is 5. The van der Waals surface area contributed by atoms with Crippen molar-refractivity contribution in [3.05, 3.63) is 34.1 Å². The van der Waals surface area contributed by atoms with Crippen molar-refractivity contribution in [1.29, 1.82) is 0 Å². The first-order valence-corrected chi connectivity index (χ1v) is 6.53. The lowest BCUT2D eigenvalue weighted by atomic mass is 10.2. The van der Waals surface area contributed by atoms with E-state index in [1.807, 2.05) is 6.92 Å². The molecule has 2 aromatic heterocycles. The molecule has 2 rings (SSSR count). The summed E-state index contributed by atoms with van der Waals surface area (Å²) in [6, 6.07) is 3.35. The molecule has 19 heavy (non-hydrogen) atoms. The third-order valence-electron chi connectivity index (χ3n) is 2.31. The van der Waals surface area contributed by atoms with Gasteiger partial charge in [0.25, 0.3) is 5.91 Å². The van der Waals surface area contributed by atoms with Crippen molar-refractivity contribution in [3.63, 3.8) is 0 Å². The van der Waals surface area contributed by atoms with Crippen LogP contribution >= 0.6 is 15.9 Å². The van der Waals surface area contributed by atoms with Crippen LogP contribution in [0.3, 0.4) is 0 Å². The van der Waals surface area contributed by atoms with Crippen LogP contribution in [0.15, 0.2) is 27.3 Å². The average Bonchev–Trinajstić information content (AvgIpc) is 2.77. The Morgan fingerprint density at radius 3 is 2.89 bits per heavy atom. The molecule has 6 nitrogen and oxygen atoms in total. The summed E-state index contributed by atoms with van der Waals surface area (Å²) < 4.78 is 5.63. The molecule has 0 atom stereocenters. The molecular weight excluding hydrogens is 312 g/mol. The zero-order valence-corrected chi connectivity index (χ0v) is 12.1. The van der Waals surface area contributed by atoms with Gasteiger partial charge in [-0.15, -0.1) is 0 Å². The topological polar surface area (TPSA) is 80.0 Å². The van der Waals surface area contributed by atoms with Crippen molar-refractivity contribution in [1.82, 2.24) is 10.1 Å². The maximum Gasteiger partial charge on any atom is 0.260 e. The number of halogens is 1. The molecule has 2 aromatic rings. The lowest BCUT2D eigenvalue weighted by Crippen LogP contribution is -2.16. The van der Waals surface area contributed by atoms with Crippen molar-refractivity contribution >= 4 is 33.5 Å². The lowest BCUT2D eigenvalue weighted by molar-refractivity contribution is 0.102. The van der Waals surface area contributed by atoms with E-state index >= 15 is 0 Å². The minimum Gasteiger partial charge on any atom is -0.370 e. The van der Waals surface area contributed by atoms with Crippen LogP contribution in [0.2, 0.25) is 0 Å². The van der Waals surface area contributed by atoms with E-state index in [1.54, 1.807) is 25.3 Å². The van der Waals surface area contributed by atoms with Gasteiger partial charge >= 0.3 is 0 Å². The third kappa shape index (κ3) is 3.31. The Morgan fingerprint density at radius 1 is 1.47 bits per heavy atom. The molecule has 0 unspecified atom stereocenters. The summed E-state index contributed by atoms with van der Waals surface area (Å²) in [7, 11) is 0. The molecule has 0 saturated heterocycles. The van der Waals surface area contributed by atoms with Crippen LogP contribution in [0.5, 0.6) is 0 Å².